The van der Waals surface area contributed by atoms with Crippen LogP contribution in [-0.2, 0) is 0 Å². The maximum atomic E-state index is 3.89. The van der Waals surface area contributed by atoms with Crippen LogP contribution < -0.4 is 5.32 Å². The van der Waals surface area contributed by atoms with E-state index in [-0.39, 0.29) is 0 Å². The number of nitrogens with one attached hydrogen (secondary N) is 1. The molecule has 0 aromatic heterocycles. The molecule has 1 aliphatic heterocycles. The van der Waals surface area contributed by atoms with Gasteiger partial charge in [0.1, 0.15) is 0 Å². The Hall–Kier alpha value is -0.0800. The zero-order valence-corrected chi connectivity index (χ0v) is 15.6. The molecule has 0 spiro atoms. The Labute approximate surface area is 134 Å². The summed E-state index contributed by atoms with van der Waals surface area (Å²) in [6.07, 6.45) is 9.27. The number of hydrogen-bond donors (Lipinski definition) is 1. The average Bonchev–Trinajstić information content (AvgIpc) is 2.46. The Morgan fingerprint density at radius 1 is 1.00 bits per heavy atom. The molecule has 2 unspecified atom stereocenters. The van der Waals surface area contributed by atoms with E-state index in [0.717, 1.165) is 6.54 Å². The van der Waals surface area contributed by atoms with Crippen LogP contribution in [0.2, 0.25) is 0 Å². The van der Waals surface area contributed by atoms with Crippen molar-refractivity contribution in [2.75, 3.05) is 19.6 Å². The van der Waals surface area contributed by atoms with Crippen molar-refractivity contribution < 1.29 is 0 Å². The molecule has 0 aliphatic carbocycles. The van der Waals surface area contributed by atoms with Crippen molar-refractivity contribution in [2.45, 2.75) is 98.1 Å². The molecule has 0 aromatic carbocycles. The van der Waals surface area contributed by atoms with Gasteiger partial charge in [-0.2, -0.15) is 0 Å². The maximum absolute atomic E-state index is 3.89. The summed E-state index contributed by atoms with van der Waals surface area (Å²) >= 11 is 0. The van der Waals surface area contributed by atoms with Crippen LogP contribution in [0.5, 0.6) is 0 Å². The first kappa shape index (κ1) is 19.0. The van der Waals surface area contributed by atoms with Crippen molar-refractivity contribution in [1.82, 2.24) is 10.2 Å². The molecule has 1 aliphatic rings. The summed E-state index contributed by atoms with van der Waals surface area (Å²) in [5.41, 5.74) is 0.754. The maximum Gasteiger partial charge on any atom is 0.0331 e. The summed E-state index contributed by atoms with van der Waals surface area (Å²) in [6, 6.07) is 0.625. The van der Waals surface area contributed by atoms with Crippen molar-refractivity contribution >= 4 is 0 Å². The molecule has 126 valence electrons. The monoisotopic (exact) mass is 296 g/mol. The highest BCUT2D eigenvalue weighted by Gasteiger charge is 2.38. The Morgan fingerprint density at radius 3 is 2.10 bits per heavy atom. The van der Waals surface area contributed by atoms with Gasteiger partial charge in [0, 0.05) is 11.6 Å². The van der Waals surface area contributed by atoms with Gasteiger partial charge in [0.15, 0.2) is 0 Å². The Bertz CT molecular complexity index is 276. The largest absolute Gasteiger partial charge is 0.312 e. The van der Waals surface area contributed by atoms with E-state index in [4.69, 9.17) is 0 Å². The van der Waals surface area contributed by atoms with Crippen molar-refractivity contribution in [3.63, 3.8) is 0 Å². The smallest absolute Gasteiger partial charge is 0.0331 e. The second-order valence-corrected chi connectivity index (χ2v) is 8.36. The van der Waals surface area contributed by atoms with E-state index in [1.807, 2.05) is 0 Å². The van der Waals surface area contributed by atoms with Gasteiger partial charge in [-0.15, -0.1) is 0 Å². The molecule has 1 fully saturated rings. The van der Waals surface area contributed by atoms with Crippen LogP contribution in [-0.4, -0.2) is 36.1 Å². The summed E-state index contributed by atoms with van der Waals surface area (Å²) in [4.78, 5) is 2.78. The number of piperidine rings is 1. The molecule has 1 N–H and O–H groups in total. The molecule has 1 rings (SSSR count). The van der Waals surface area contributed by atoms with E-state index in [1.54, 1.807) is 0 Å². The second kappa shape index (κ2) is 8.53. The van der Waals surface area contributed by atoms with E-state index in [0.29, 0.717) is 17.0 Å². The molecular formula is C19H40N2. The SMILES string of the molecule is CCCNC(CCC(C)(C)C)C(C)(CC)N1CCCCC1. The first-order valence-corrected chi connectivity index (χ1v) is 9.32. The predicted molar refractivity (Wildman–Crippen MR) is 94.9 cm³/mol. The van der Waals surface area contributed by atoms with Crippen LogP contribution in [0.3, 0.4) is 0 Å². The van der Waals surface area contributed by atoms with E-state index in [9.17, 15) is 0 Å². The van der Waals surface area contributed by atoms with Crippen molar-refractivity contribution in [1.29, 1.82) is 0 Å². The summed E-state index contributed by atoms with van der Waals surface area (Å²) in [7, 11) is 0. The summed E-state index contributed by atoms with van der Waals surface area (Å²) < 4.78 is 0. The van der Waals surface area contributed by atoms with Crippen molar-refractivity contribution in [3.8, 4) is 0 Å². The van der Waals surface area contributed by atoms with Crippen LogP contribution in [0.25, 0.3) is 0 Å². The zero-order valence-electron chi connectivity index (χ0n) is 15.6. The van der Waals surface area contributed by atoms with Crippen molar-refractivity contribution in [3.05, 3.63) is 0 Å². The lowest BCUT2D eigenvalue weighted by Crippen LogP contribution is -2.60. The van der Waals surface area contributed by atoms with Crippen LogP contribution in [0.15, 0.2) is 0 Å². The van der Waals surface area contributed by atoms with Gasteiger partial charge in [-0.3, -0.25) is 4.90 Å². The van der Waals surface area contributed by atoms with Gasteiger partial charge >= 0.3 is 0 Å². The summed E-state index contributed by atoms with van der Waals surface area (Å²) in [5.74, 6) is 0. The van der Waals surface area contributed by atoms with Gasteiger partial charge in [0.2, 0.25) is 0 Å². The first-order valence-electron chi connectivity index (χ1n) is 9.32. The fraction of sp³-hybridized carbons (Fsp3) is 1.00. The van der Waals surface area contributed by atoms with E-state index in [1.165, 1.54) is 58.0 Å². The molecule has 1 heterocycles. The Balaban J connectivity index is 2.78. The van der Waals surface area contributed by atoms with Crippen LogP contribution in [0, 0.1) is 5.41 Å². The van der Waals surface area contributed by atoms with Gasteiger partial charge in [0.25, 0.3) is 0 Å². The lowest BCUT2D eigenvalue weighted by molar-refractivity contribution is 0.0368. The zero-order chi connectivity index (χ0) is 15.9. The highest BCUT2D eigenvalue weighted by Crippen LogP contribution is 2.32. The normalized spacial score (nSPS) is 22.0. The van der Waals surface area contributed by atoms with Crippen LogP contribution in [0.1, 0.15) is 86.5 Å². The molecule has 21 heavy (non-hydrogen) atoms. The van der Waals surface area contributed by atoms with Gasteiger partial charge in [-0.1, -0.05) is 41.0 Å². The third-order valence-corrected chi connectivity index (χ3v) is 5.37. The van der Waals surface area contributed by atoms with E-state index in [2.05, 4.69) is 51.8 Å². The number of nitrogens with zero attached hydrogens (tertiary/aromatic N) is 1. The Morgan fingerprint density at radius 2 is 1.62 bits per heavy atom. The average molecular weight is 297 g/mol. The molecule has 2 heteroatoms. The number of likely N-dealkylation sites (tertiary alicyclic amines) is 1. The number of rotatable bonds is 8. The van der Waals surface area contributed by atoms with Gasteiger partial charge in [-0.25, -0.2) is 0 Å². The third-order valence-electron chi connectivity index (χ3n) is 5.37. The minimum Gasteiger partial charge on any atom is -0.312 e. The molecule has 0 radical (unpaired) electrons. The molecule has 0 aromatic rings. The minimum atomic E-state index is 0.320. The molecule has 0 bridgehead atoms. The predicted octanol–water partition coefficient (Wildman–Crippen LogP) is 4.84. The van der Waals surface area contributed by atoms with Gasteiger partial charge in [-0.05, 0) is 70.5 Å². The fourth-order valence-corrected chi connectivity index (χ4v) is 3.62. The standard InChI is InChI=1S/C19H40N2/c1-7-14-20-17(12-13-18(3,4)5)19(6,8-2)21-15-10-9-11-16-21/h17,20H,7-16H2,1-6H3. The van der Waals surface area contributed by atoms with Crippen LogP contribution >= 0.6 is 0 Å². The highest BCUT2D eigenvalue weighted by molar-refractivity contribution is 4.97. The van der Waals surface area contributed by atoms with Crippen molar-refractivity contribution in [2.24, 2.45) is 5.41 Å². The van der Waals surface area contributed by atoms with E-state index >= 15 is 0 Å². The second-order valence-electron chi connectivity index (χ2n) is 8.36. The van der Waals surface area contributed by atoms with Gasteiger partial charge < -0.3 is 5.32 Å². The van der Waals surface area contributed by atoms with Gasteiger partial charge in [0.05, 0.1) is 0 Å². The molecular weight excluding hydrogens is 256 g/mol. The first-order chi connectivity index (χ1) is 9.83. The molecule has 2 nitrogen and oxygen atoms in total. The number of hydrogen-bond acceptors (Lipinski definition) is 2. The molecule has 2 atom stereocenters. The summed E-state index contributed by atoms with van der Waals surface area (Å²) in [5, 5.41) is 3.89. The quantitative estimate of drug-likeness (QED) is 0.690. The fourth-order valence-electron chi connectivity index (χ4n) is 3.62. The lowest BCUT2D eigenvalue weighted by atomic mass is 9.79. The highest BCUT2D eigenvalue weighted by atomic mass is 15.2. The van der Waals surface area contributed by atoms with E-state index < -0.39 is 0 Å². The third kappa shape index (κ3) is 5.90. The lowest BCUT2D eigenvalue weighted by Gasteiger charge is -2.49. The Kier molecular flexibility index (Phi) is 7.70. The minimum absolute atomic E-state index is 0.320. The molecule has 1 saturated heterocycles. The molecule has 0 saturated carbocycles. The molecule has 0 amide bonds. The topological polar surface area (TPSA) is 15.3 Å². The van der Waals surface area contributed by atoms with Crippen LogP contribution in [0.4, 0.5) is 0 Å². The summed E-state index contributed by atoms with van der Waals surface area (Å²) in [6.45, 7) is 18.0.